The monoisotopic (exact) mass is 358 g/mol. The van der Waals surface area contributed by atoms with Crippen molar-refractivity contribution in [2.45, 2.75) is 13.5 Å². The minimum atomic E-state index is -0.561. The maximum absolute atomic E-state index is 14.7. The van der Waals surface area contributed by atoms with Crippen LogP contribution in [0.4, 0.5) is 14.7 Å². The first kappa shape index (κ1) is 16.2. The SMILES string of the molecule is COc1nc(N)nn2ccc(-c3cc(F)c4nc(C)n(CCF)c4c3)c12. The van der Waals surface area contributed by atoms with Gasteiger partial charge in [0.1, 0.15) is 23.5 Å². The third kappa shape index (κ3) is 2.35. The summed E-state index contributed by atoms with van der Waals surface area (Å²) in [6.45, 7) is 1.28. The highest BCUT2D eigenvalue weighted by Gasteiger charge is 2.18. The third-order valence-corrected chi connectivity index (χ3v) is 4.31. The Morgan fingerprint density at radius 2 is 2.08 bits per heavy atom. The van der Waals surface area contributed by atoms with Gasteiger partial charge in [-0.05, 0) is 30.7 Å². The number of nitrogens with two attached hydrogens (primary N) is 1. The second-order valence-corrected chi connectivity index (χ2v) is 5.83. The summed E-state index contributed by atoms with van der Waals surface area (Å²) < 4.78 is 36.0. The number of imidazole rings is 1. The zero-order chi connectivity index (χ0) is 18.4. The molecule has 4 aromatic rings. The van der Waals surface area contributed by atoms with E-state index in [1.165, 1.54) is 17.7 Å². The molecular formula is C17H16F2N6O. The number of halogens is 2. The van der Waals surface area contributed by atoms with E-state index in [0.29, 0.717) is 28.0 Å². The van der Waals surface area contributed by atoms with Gasteiger partial charge in [0, 0.05) is 11.8 Å². The molecule has 0 saturated carbocycles. The summed E-state index contributed by atoms with van der Waals surface area (Å²) in [6.07, 6.45) is 1.69. The third-order valence-electron chi connectivity index (χ3n) is 4.31. The highest BCUT2D eigenvalue weighted by Crippen LogP contribution is 2.34. The number of nitrogen functional groups attached to an aromatic ring is 1. The van der Waals surface area contributed by atoms with Crippen molar-refractivity contribution in [3.8, 4) is 17.0 Å². The predicted molar refractivity (Wildman–Crippen MR) is 93.3 cm³/mol. The fraction of sp³-hybridized carbons (Fsp3) is 0.235. The van der Waals surface area contributed by atoms with E-state index in [0.717, 1.165) is 0 Å². The molecule has 0 spiro atoms. The molecule has 0 bridgehead atoms. The molecule has 2 N–H and O–H groups in total. The Bertz CT molecular complexity index is 1130. The van der Waals surface area contributed by atoms with Crippen molar-refractivity contribution >= 4 is 22.5 Å². The average Bonchev–Trinajstić information content (AvgIpc) is 3.17. The molecule has 0 radical (unpaired) electrons. The summed E-state index contributed by atoms with van der Waals surface area (Å²) >= 11 is 0. The Labute approximate surface area is 147 Å². The maximum atomic E-state index is 14.7. The second kappa shape index (κ2) is 5.94. The van der Waals surface area contributed by atoms with Crippen molar-refractivity contribution < 1.29 is 13.5 Å². The predicted octanol–water partition coefficient (Wildman–Crippen LogP) is 2.75. The van der Waals surface area contributed by atoms with Crippen LogP contribution in [0.15, 0.2) is 24.4 Å². The minimum absolute atomic E-state index is 0.0646. The van der Waals surface area contributed by atoms with Gasteiger partial charge in [0.2, 0.25) is 11.8 Å². The number of rotatable bonds is 4. The number of methoxy groups -OCH3 is 1. The molecule has 0 aliphatic heterocycles. The molecule has 134 valence electrons. The molecular weight excluding hydrogens is 342 g/mol. The molecule has 1 aromatic carbocycles. The van der Waals surface area contributed by atoms with Gasteiger partial charge in [-0.3, -0.25) is 0 Å². The lowest BCUT2D eigenvalue weighted by Crippen LogP contribution is -2.03. The van der Waals surface area contributed by atoms with Crippen molar-refractivity contribution in [1.82, 2.24) is 24.1 Å². The fourth-order valence-electron chi connectivity index (χ4n) is 3.20. The Kier molecular flexibility index (Phi) is 3.71. The van der Waals surface area contributed by atoms with Crippen LogP contribution >= 0.6 is 0 Å². The molecule has 0 aliphatic carbocycles. The highest BCUT2D eigenvalue weighted by molar-refractivity contribution is 5.90. The van der Waals surface area contributed by atoms with E-state index in [4.69, 9.17) is 10.5 Å². The van der Waals surface area contributed by atoms with Crippen molar-refractivity contribution in [1.29, 1.82) is 0 Å². The fourth-order valence-corrected chi connectivity index (χ4v) is 3.20. The van der Waals surface area contributed by atoms with E-state index in [1.54, 1.807) is 29.8 Å². The average molecular weight is 358 g/mol. The van der Waals surface area contributed by atoms with Gasteiger partial charge in [0.05, 0.1) is 19.2 Å². The Morgan fingerprint density at radius 1 is 1.27 bits per heavy atom. The maximum Gasteiger partial charge on any atom is 0.243 e. The first-order valence-electron chi connectivity index (χ1n) is 7.95. The smallest absolute Gasteiger partial charge is 0.243 e. The van der Waals surface area contributed by atoms with E-state index in [2.05, 4.69) is 15.1 Å². The molecule has 0 fully saturated rings. The van der Waals surface area contributed by atoms with Gasteiger partial charge in [-0.2, -0.15) is 4.98 Å². The number of nitrogens with zero attached hydrogens (tertiary/aromatic N) is 5. The number of aromatic nitrogens is 5. The Hall–Kier alpha value is -3.23. The zero-order valence-electron chi connectivity index (χ0n) is 14.2. The number of hydrogen-bond donors (Lipinski definition) is 1. The van der Waals surface area contributed by atoms with Crippen molar-refractivity contribution in [2.75, 3.05) is 19.5 Å². The number of aryl methyl sites for hydroxylation is 2. The summed E-state index contributed by atoms with van der Waals surface area (Å²) in [5, 5.41) is 4.11. The first-order chi connectivity index (χ1) is 12.5. The topological polar surface area (TPSA) is 83.3 Å². The molecule has 7 nitrogen and oxygen atoms in total. The summed E-state index contributed by atoms with van der Waals surface area (Å²) in [7, 11) is 1.47. The first-order valence-corrected chi connectivity index (χ1v) is 7.95. The molecule has 3 aromatic heterocycles. The number of fused-ring (bicyclic) bond motifs is 2. The number of anilines is 1. The van der Waals surface area contributed by atoms with Crippen molar-refractivity contribution in [3.63, 3.8) is 0 Å². The van der Waals surface area contributed by atoms with Crippen LogP contribution in [0.2, 0.25) is 0 Å². The van der Waals surface area contributed by atoms with Gasteiger partial charge in [-0.1, -0.05) is 0 Å². The van der Waals surface area contributed by atoms with E-state index in [-0.39, 0.29) is 23.9 Å². The van der Waals surface area contributed by atoms with Crippen molar-refractivity contribution in [3.05, 3.63) is 36.0 Å². The lowest BCUT2D eigenvalue weighted by Gasteiger charge is -2.08. The van der Waals surface area contributed by atoms with E-state index >= 15 is 0 Å². The molecule has 0 saturated heterocycles. The standard InChI is InChI=1S/C17H16F2N6O/c1-9-21-14-12(19)7-10(8-13(14)24(9)6-4-18)11-3-5-25-15(11)16(26-2)22-17(20)23-25/h3,5,7-8H,4,6H2,1-2H3,(H2,20,23). The highest BCUT2D eigenvalue weighted by atomic mass is 19.1. The van der Waals surface area contributed by atoms with Gasteiger partial charge in [-0.15, -0.1) is 5.10 Å². The molecule has 26 heavy (non-hydrogen) atoms. The minimum Gasteiger partial charge on any atom is -0.479 e. The van der Waals surface area contributed by atoms with Gasteiger partial charge in [0.25, 0.3) is 0 Å². The Balaban J connectivity index is 2.00. The molecule has 9 heteroatoms. The summed E-state index contributed by atoms with van der Waals surface area (Å²) in [5.74, 6) is 0.429. The molecule has 0 aliphatic rings. The van der Waals surface area contributed by atoms with Gasteiger partial charge < -0.3 is 15.0 Å². The molecule has 4 rings (SSSR count). The van der Waals surface area contributed by atoms with Crippen LogP contribution < -0.4 is 10.5 Å². The molecule has 3 heterocycles. The van der Waals surface area contributed by atoms with Gasteiger partial charge in [-0.25, -0.2) is 18.3 Å². The lowest BCUT2D eigenvalue weighted by molar-refractivity contribution is 0.400. The lowest BCUT2D eigenvalue weighted by atomic mass is 10.1. The zero-order valence-corrected chi connectivity index (χ0v) is 14.2. The van der Waals surface area contributed by atoms with Gasteiger partial charge >= 0.3 is 0 Å². The van der Waals surface area contributed by atoms with Gasteiger partial charge in [0.15, 0.2) is 5.82 Å². The number of benzene rings is 1. The van der Waals surface area contributed by atoms with Crippen LogP contribution in [0.5, 0.6) is 5.88 Å². The summed E-state index contributed by atoms with van der Waals surface area (Å²) in [6, 6.07) is 4.94. The quantitative estimate of drug-likeness (QED) is 0.606. The number of hydrogen-bond acceptors (Lipinski definition) is 5. The summed E-state index contributed by atoms with van der Waals surface area (Å²) in [4.78, 5) is 8.29. The van der Waals surface area contributed by atoms with Crippen molar-refractivity contribution in [2.24, 2.45) is 0 Å². The van der Waals surface area contributed by atoms with E-state index < -0.39 is 12.5 Å². The largest absolute Gasteiger partial charge is 0.479 e. The van der Waals surface area contributed by atoms with Crippen LogP contribution in [0.1, 0.15) is 5.82 Å². The van der Waals surface area contributed by atoms with E-state index in [1.807, 2.05) is 0 Å². The number of alkyl halides is 1. The normalized spacial score (nSPS) is 11.5. The summed E-state index contributed by atoms with van der Waals surface area (Å²) in [5.41, 5.74) is 8.25. The van der Waals surface area contributed by atoms with E-state index in [9.17, 15) is 8.78 Å². The molecule has 0 amide bonds. The molecule has 0 unspecified atom stereocenters. The number of ether oxygens (including phenoxy) is 1. The second-order valence-electron chi connectivity index (χ2n) is 5.83. The van der Waals surface area contributed by atoms with Crippen LogP contribution in [0.3, 0.4) is 0 Å². The van der Waals surface area contributed by atoms with Crippen LogP contribution in [-0.4, -0.2) is 37.9 Å². The van der Waals surface area contributed by atoms with Crippen LogP contribution in [-0.2, 0) is 6.54 Å². The Morgan fingerprint density at radius 3 is 2.81 bits per heavy atom. The molecule has 0 atom stereocenters. The van der Waals surface area contributed by atoms with Crippen LogP contribution in [0, 0.1) is 12.7 Å². The van der Waals surface area contributed by atoms with Crippen LogP contribution in [0.25, 0.3) is 27.7 Å².